The van der Waals surface area contributed by atoms with E-state index in [1.54, 1.807) is 0 Å². The van der Waals surface area contributed by atoms with E-state index in [-0.39, 0.29) is 23.9 Å². The third kappa shape index (κ3) is 2.36. The molecule has 0 aliphatic heterocycles. The molecule has 0 radical (unpaired) electrons. The van der Waals surface area contributed by atoms with Gasteiger partial charge in [0.15, 0.2) is 0 Å². The third-order valence-corrected chi connectivity index (χ3v) is 0.997. The van der Waals surface area contributed by atoms with Crippen molar-refractivity contribution in [2.24, 2.45) is 0 Å². The highest BCUT2D eigenvalue weighted by molar-refractivity contribution is 6.17. The lowest BCUT2D eigenvalue weighted by atomic mass is 10.8. The molecule has 0 atom stereocenters. The SMILES string of the molecule is Nc1nc(N)nc(NOCCl)n1. The summed E-state index contributed by atoms with van der Waals surface area (Å²) in [6, 6.07) is -0.0362. The zero-order valence-corrected chi connectivity index (χ0v) is 6.75. The predicted octanol–water partition coefficient (Wildman–Crippen LogP) is -0.424. The molecule has 0 aliphatic carbocycles. The lowest BCUT2D eigenvalue weighted by Gasteiger charge is -2.02. The molecular weight excluding hydrogens is 184 g/mol. The third-order valence-electron chi connectivity index (χ3n) is 0.888. The van der Waals surface area contributed by atoms with Crippen LogP contribution in [-0.4, -0.2) is 21.0 Å². The van der Waals surface area contributed by atoms with Crippen molar-refractivity contribution in [3.8, 4) is 0 Å². The minimum Gasteiger partial charge on any atom is -0.368 e. The second-order valence-electron chi connectivity index (χ2n) is 1.73. The van der Waals surface area contributed by atoms with Gasteiger partial charge in [-0.3, -0.25) is 4.84 Å². The van der Waals surface area contributed by atoms with E-state index in [0.717, 1.165) is 0 Å². The normalized spacial score (nSPS) is 9.75. The Balaban J connectivity index is 2.72. The van der Waals surface area contributed by atoms with Gasteiger partial charge in [-0.25, -0.2) is 5.48 Å². The van der Waals surface area contributed by atoms with Crippen molar-refractivity contribution in [3.63, 3.8) is 0 Å². The summed E-state index contributed by atoms with van der Waals surface area (Å²) >= 11 is 5.21. The largest absolute Gasteiger partial charge is 0.368 e. The summed E-state index contributed by atoms with van der Waals surface area (Å²) in [6.45, 7) is 0. The number of nitrogens with one attached hydrogen (secondary N) is 1. The van der Waals surface area contributed by atoms with Gasteiger partial charge in [-0.05, 0) is 0 Å². The number of anilines is 3. The zero-order valence-electron chi connectivity index (χ0n) is 5.99. The van der Waals surface area contributed by atoms with Gasteiger partial charge in [-0.15, -0.1) is 0 Å². The van der Waals surface area contributed by atoms with Gasteiger partial charge in [0.1, 0.15) is 6.07 Å². The number of hydrogen-bond acceptors (Lipinski definition) is 7. The number of rotatable bonds is 3. The minimum atomic E-state index is -0.0362. The van der Waals surface area contributed by atoms with Gasteiger partial charge < -0.3 is 11.5 Å². The molecule has 0 saturated carbocycles. The topological polar surface area (TPSA) is 112 Å². The van der Waals surface area contributed by atoms with E-state index in [1.165, 1.54) is 0 Å². The minimum absolute atomic E-state index is 0.0168. The van der Waals surface area contributed by atoms with Crippen molar-refractivity contribution in [1.82, 2.24) is 15.0 Å². The van der Waals surface area contributed by atoms with Crippen molar-refractivity contribution >= 4 is 29.4 Å². The molecule has 0 bridgehead atoms. The standard InChI is InChI=1S/C4H7ClN6O/c5-1-12-11-4-9-2(6)8-3(7)10-4/h1H2,(H5,6,7,8,9,10,11). The van der Waals surface area contributed by atoms with Crippen LogP contribution in [0.15, 0.2) is 0 Å². The van der Waals surface area contributed by atoms with Crippen molar-refractivity contribution < 1.29 is 4.84 Å². The van der Waals surface area contributed by atoms with Gasteiger partial charge in [0.05, 0.1) is 0 Å². The van der Waals surface area contributed by atoms with Gasteiger partial charge in [0.25, 0.3) is 5.95 Å². The summed E-state index contributed by atoms with van der Waals surface area (Å²) in [7, 11) is 0. The summed E-state index contributed by atoms with van der Waals surface area (Å²) in [5, 5.41) is 0. The molecule has 1 aromatic rings. The van der Waals surface area contributed by atoms with E-state index >= 15 is 0 Å². The molecule has 7 nitrogen and oxygen atoms in total. The van der Waals surface area contributed by atoms with Gasteiger partial charge >= 0.3 is 0 Å². The zero-order chi connectivity index (χ0) is 8.97. The fourth-order valence-electron chi connectivity index (χ4n) is 0.547. The maximum absolute atomic E-state index is 5.26. The Morgan fingerprint density at radius 2 is 1.83 bits per heavy atom. The highest BCUT2D eigenvalue weighted by atomic mass is 35.5. The molecule has 0 fully saturated rings. The van der Waals surface area contributed by atoms with Crippen LogP contribution in [0.5, 0.6) is 0 Å². The first kappa shape index (κ1) is 8.75. The second-order valence-corrected chi connectivity index (χ2v) is 1.95. The monoisotopic (exact) mass is 190 g/mol. The molecule has 0 amide bonds. The Bertz CT molecular complexity index is 247. The number of aromatic nitrogens is 3. The number of alkyl halides is 1. The predicted molar refractivity (Wildman–Crippen MR) is 44.1 cm³/mol. The number of halogens is 1. The van der Waals surface area contributed by atoms with Crippen LogP contribution in [0.25, 0.3) is 0 Å². The van der Waals surface area contributed by atoms with E-state index in [9.17, 15) is 0 Å². The van der Waals surface area contributed by atoms with Crippen LogP contribution in [0.3, 0.4) is 0 Å². The Labute approximate surface area is 73.1 Å². The molecule has 1 heterocycles. The van der Waals surface area contributed by atoms with Crippen LogP contribution in [0.4, 0.5) is 17.8 Å². The van der Waals surface area contributed by atoms with E-state index in [2.05, 4.69) is 25.3 Å². The van der Waals surface area contributed by atoms with Gasteiger partial charge in [0.2, 0.25) is 11.9 Å². The molecule has 66 valence electrons. The number of nitrogen functional groups attached to an aromatic ring is 2. The summed E-state index contributed by atoms with van der Waals surface area (Å²) in [5.74, 6) is 0.159. The van der Waals surface area contributed by atoms with E-state index in [4.69, 9.17) is 23.1 Å². The highest BCUT2D eigenvalue weighted by Crippen LogP contribution is 2.02. The molecule has 0 saturated heterocycles. The summed E-state index contributed by atoms with van der Waals surface area (Å²) in [6.07, 6.45) is 0. The molecule has 5 N–H and O–H groups in total. The second kappa shape index (κ2) is 3.88. The Kier molecular flexibility index (Phi) is 2.83. The van der Waals surface area contributed by atoms with E-state index in [1.807, 2.05) is 0 Å². The molecule has 12 heavy (non-hydrogen) atoms. The van der Waals surface area contributed by atoms with Crippen molar-refractivity contribution in [1.29, 1.82) is 0 Å². The smallest absolute Gasteiger partial charge is 0.253 e. The average molecular weight is 191 g/mol. The lowest BCUT2D eigenvalue weighted by Crippen LogP contribution is -2.09. The summed E-state index contributed by atoms with van der Waals surface area (Å²) < 4.78 is 0. The molecular formula is C4H7ClN6O. The van der Waals surface area contributed by atoms with Crippen LogP contribution in [0.1, 0.15) is 0 Å². The van der Waals surface area contributed by atoms with Crippen LogP contribution in [0, 0.1) is 0 Å². The number of nitrogens with zero attached hydrogens (tertiary/aromatic N) is 3. The van der Waals surface area contributed by atoms with Crippen molar-refractivity contribution in [3.05, 3.63) is 0 Å². The molecule has 0 unspecified atom stereocenters. The first-order valence-electron chi connectivity index (χ1n) is 2.93. The van der Waals surface area contributed by atoms with Crippen molar-refractivity contribution in [2.45, 2.75) is 0 Å². The van der Waals surface area contributed by atoms with Gasteiger partial charge in [-0.2, -0.15) is 15.0 Å². The Morgan fingerprint density at radius 1 is 1.25 bits per heavy atom. The van der Waals surface area contributed by atoms with E-state index in [0.29, 0.717) is 0 Å². The quantitative estimate of drug-likeness (QED) is 0.438. The summed E-state index contributed by atoms with van der Waals surface area (Å²) in [5.41, 5.74) is 12.8. The van der Waals surface area contributed by atoms with Gasteiger partial charge in [0, 0.05) is 0 Å². The average Bonchev–Trinajstić information content (AvgIpc) is 1.99. The molecule has 8 heteroatoms. The Hall–Kier alpha value is -1.34. The first-order valence-corrected chi connectivity index (χ1v) is 3.46. The molecule has 0 aliphatic rings. The molecule has 1 rings (SSSR count). The molecule has 0 spiro atoms. The Morgan fingerprint density at radius 3 is 2.33 bits per heavy atom. The van der Waals surface area contributed by atoms with Crippen LogP contribution >= 0.6 is 11.6 Å². The fourth-order valence-corrected chi connectivity index (χ4v) is 0.601. The highest BCUT2D eigenvalue weighted by Gasteiger charge is 1.99. The number of nitrogens with two attached hydrogens (primary N) is 2. The van der Waals surface area contributed by atoms with Crippen LogP contribution in [-0.2, 0) is 4.84 Å². The van der Waals surface area contributed by atoms with Crippen LogP contribution < -0.4 is 16.9 Å². The van der Waals surface area contributed by atoms with Crippen LogP contribution in [0.2, 0.25) is 0 Å². The van der Waals surface area contributed by atoms with Crippen molar-refractivity contribution in [2.75, 3.05) is 23.0 Å². The van der Waals surface area contributed by atoms with E-state index < -0.39 is 0 Å². The maximum Gasteiger partial charge on any atom is 0.253 e. The molecule has 0 aromatic carbocycles. The molecule has 1 aromatic heterocycles. The fraction of sp³-hybridized carbons (Fsp3) is 0.250. The lowest BCUT2D eigenvalue weighted by molar-refractivity contribution is 0.244. The first-order chi connectivity index (χ1) is 5.72. The van der Waals surface area contributed by atoms with Gasteiger partial charge in [-0.1, -0.05) is 11.6 Å². The maximum atomic E-state index is 5.26. The number of hydrogen-bond donors (Lipinski definition) is 3. The summed E-state index contributed by atoms with van der Waals surface area (Å²) in [4.78, 5) is 15.4.